The molecule has 4 heteroatoms. The maximum Gasteiger partial charge on any atom is 0.143 e. The zero-order chi connectivity index (χ0) is 35.8. The number of aromatic nitrogens is 3. The molecule has 0 amide bonds. The summed E-state index contributed by atoms with van der Waals surface area (Å²) in [5, 5.41) is 7.39. The molecule has 0 saturated heterocycles. The first-order valence-corrected chi connectivity index (χ1v) is 20.1. The summed E-state index contributed by atoms with van der Waals surface area (Å²) >= 11 is 0. The van der Waals surface area contributed by atoms with Crippen molar-refractivity contribution in [3.05, 3.63) is 151 Å². The fraction of sp³-hybridized carbons (Fsp3) is 0.196. The maximum absolute atomic E-state index is 6.45. The number of pyridine rings is 1. The lowest BCUT2D eigenvalue weighted by Crippen LogP contribution is -2.48. The van der Waals surface area contributed by atoms with Crippen LogP contribution < -0.4 is 0 Å². The molecule has 4 nitrogen and oxygen atoms in total. The monoisotopic (exact) mass is 709 g/mol. The third kappa shape index (κ3) is 4.25. The van der Waals surface area contributed by atoms with Crippen molar-refractivity contribution in [1.29, 1.82) is 0 Å². The van der Waals surface area contributed by atoms with Gasteiger partial charge in [-0.3, -0.25) is 4.57 Å². The molecule has 14 rings (SSSR count). The van der Waals surface area contributed by atoms with Crippen LogP contribution in [0.4, 0.5) is 0 Å². The molecule has 264 valence electrons. The van der Waals surface area contributed by atoms with Crippen LogP contribution in [0.25, 0.3) is 88.2 Å². The van der Waals surface area contributed by atoms with Crippen molar-refractivity contribution in [2.75, 3.05) is 0 Å². The van der Waals surface area contributed by atoms with E-state index in [-0.39, 0.29) is 0 Å². The summed E-state index contributed by atoms with van der Waals surface area (Å²) in [6.07, 6.45) is 10.6. The Morgan fingerprint density at radius 1 is 0.509 bits per heavy atom. The zero-order valence-electron chi connectivity index (χ0n) is 30.6. The molecule has 4 fully saturated rings. The maximum atomic E-state index is 6.45. The van der Waals surface area contributed by atoms with Crippen molar-refractivity contribution < 1.29 is 4.42 Å². The second-order valence-corrected chi connectivity index (χ2v) is 17.0. The van der Waals surface area contributed by atoms with Crippen molar-refractivity contribution in [2.24, 2.45) is 17.8 Å². The Bertz CT molecular complexity index is 3160. The number of nitrogens with zero attached hydrogens (tertiary/aromatic N) is 3. The predicted molar refractivity (Wildman–Crippen MR) is 225 cm³/mol. The van der Waals surface area contributed by atoms with E-state index in [1.165, 1.54) is 76.6 Å². The molecule has 4 aromatic heterocycles. The highest BCUT2D eigenvalue weighted by atomic mass is 16.3. The van der Waals surface area contributed by atoms with E-state index >= 15 is 0 Å². The molecule has 4 saturated carbocycles. The van der Waals surface area contributed by atoms with E-state index in [2.05, 4.69) is 149 Å². The largest absolute Gasteiger partial charge is 0.455 e. The molecule has 4 aliphatic rings. The Labute approximate surface area is 318 Å². The summed E-state index contributed by atoms with van der Waals surface area (Å²) in [4.78, 5) is 5.22. The van der Waals surface area contributed by atoms with Crippen molar-refractivity contribution in [3.8, 4) is 22.6 Å². The summed E-state index contributed by atoms with van der Waals surface area (Å²) < 4.78 is 11.2. The highest BCUT2D eigenvalue weighted by molar-refractivity contribution is 6.13. The smallest absolute Gasteiger partial charge is 0.143 e. The quantitative estimate of drug-likeness (QED) is 0.182. The van der Waals surface area contributed by atoms with E-state index in [1.54, 1.807) is 5.56 Å². The van der Waals surface area contributed by atoms with Gasteiger partial charge < -0.3 is 8.98 Å². The number of furan rings is 1. The van der Waals surface area contributed by atoms with Gasteiger partial charge in [-0.2, -0.15) is 0 Å². The minimum absolute atomic E-state index is 0.371. The molecule has 0 unspecified atom stereocenters. The van der Waals surface area contributed by atoms with Gasteiger partial charge in [-0.25, -0.2) is 4.98 Å². The standard InChI is InChI=1S/C51H39N3O/c1-4-13-44-38(8-1)42-25-34(37-11-7-12-41-40-10-3-6-15-48(40)55-50(37)41)16-19-46(42)53(44)36-18-21-49(52-30-36)54-45-14-5-2-9-39(45)43-26-35(17-20-47(43)54)51-27-31-22-32(28-51)24-33(23-31)29-51/h1-21,25-26,30-33H,22-24,27-29H2. The molecule has 0 spiro atoms. The van der Waals surface area contributed by atoms with Gasteiger partial charge in [0.25, 0.3) is 0 Å². The van der Waals surface area contributed by atoms with E-state index in [4.69, 9.17) is 9.40 Å². The molecule has 10 aromatic rings. The van der Waals surface area contributed by atoms with Crippen LogP contribution in [0, 0.1) is 17.8 Å². The number of rotatable bonds is 4. The van der Waals surface area contributed by atoms with E-state index in [1.807, 2.05) is 6.07 Å². The van der Waals surface area contributed by atoms with E-state index in [0.717, 1.165) is 67.8 Å². The van der Waals surface area contributed by atoms with Gasteiger partial charge in [-0.15, -0.1) is 0 Å². The van der Waals surface area contributed by atoms with Crippen molar-refractivity contribution in [1.82, 2.24) is 14.1 Å². The second kappa shape index (κ2) is 11.0. The molecule has 0 N–H and O–H groups in total. The van der Waals surface area contributed by atoms with Gasteiger partial charge in [-0.1, -0.05) is 84.9 Å². The van der Waals surface area contributed by atoms with Crippen molar-refractivity contribution in [2.45, 2.75) is 43.9 Å². The summed E-state index contributed by atoms with van der Waals surface area (Å²) in [6.45, 7) is 0. The lowest BCUT2D eigenvalue weighted by molar-refractivity contribution is -0.00512. The van der Waals surface area contributed by atoms with Gasteiger partial charge in [0.15, 0.2) is 0 Å². The molecule has 0 radical (unpaired) electrons. The third-order valence-electron chi connectivity index (χ3n) is 13.9. The zero-order valence-corrected chi connectivity index (χ0v) is 30.6. The van der Waals surface area contributed by atoms with Crippen LogP contribution in [0.3, 0.4) is 0 Å². The van der Waals surface area contributed by atoms with Crippen molar-refractivity contribution in [3.63, 3.8) is 0 Å². The average Bonchev–Trinajstić information content (AvgIpc) is 3.88. The van der Waals surface area contributed by atoms with Crippen LogP contribution in [0.5, 0.6) is 0 Å². The average molecular weight is 710 g/mol. The molecule has 4 bridgehead atoms. The van der Waals surface area contributed by atoms with Gasteiger partial charge in [0.2, 0.25) is 0 Å². The summed E-state index contributed by atoms with van der Waals surface area (Å²) in [6, 6.07) is 51.1. The molecule has 55 heavy (non-hydrogen) atoms. The Balaban J connectivity index is 0.926. The van der Waals surface area contributed by atoms with Crippen LogP contribution in [-0.4, -0.2) is 14.1 Å². The molecule has 4 heterocycles. The number of hydrogen-bond acceptors (Lipinski definition) is 2. The fourth-order valence-corrected chi connectivity index (χ4v) is 12.0. The first kappa shape index (κ1) is 30.2. The van der Waals surface area contributed by atoms with Gasteiger partial charge in [-0.05, 0) is 127 Å². The summed E-state index contributed by atoms with van der Waals surface area (Å²) in [5.74, 6) is 3.74. The number of benzene rings is 6. The SMILES string of the molecule is c1ccc2c(c1)oc1c(-c3ccc4c(c3)c3ccccc3n4-c3ccc(-n4c5ccccc5c5cc(C67CC8CC(CC(C8)C6)C7)ccc54)nc3)cccc12. The highest BCUT2D eigenvalue weighted by Crippen LogP contribution is 2.61. The van der Waals surface area contributed by atoms with Gasteiger partial charge in [0.05, 0.1) is 34.0 Å². The van der Waals surface area contributed by atoms with Crippen LogP contribution in [0.2, 0.25) is 0 Å². The lowest BCUT2D eigenvalue weighted by atomic mass is 9.48. The van der Waals surface area contributed by atoms with Crippen LogP contribution in [0.15, 0.2) is 150 Å². The Hall–Kier alpha value is -6.13. The van der Waals surface area contributed by atoms with E-state index < -0.39 is 0 Å². The van der Waals surface area contributed by atoms with Gasteiger partial charge >= 0.3 is 0 Å². The van der Waals surface area contributed by atoms with Gasteiger partial charge in [0, 0.05) is 37.9 Å². The number of fused-ring (bicyclic) bond motifs is 9. The normalized spacial score (nSPS) is 22.0. The molecular formula is C51H39N3O. The predicted octanol–water partition coefficient (Wildman–Crippen LogP) is 13.3. The fourth-order valence-electron chi connectivity index (χ4n) is 12.0. The Kier molecular flexibility index (Phi) is 6.03. The second-order valence-electron chi connectivity index (χ2n) is 17.0. The first-order chi connectivity index (χ1) is 27.2. The van der Waals surface area contributed by atoms with Gasteiger partial charge in [0.1, 0.15) is 17.0 Å². The topological polar surface area (TPSA) is 35.9 Å². The van der Waals surface area contributed by atoms with E-state index in [9.17, 15) is 0 Å². The summed E-state index contributed by atoms with van der Waals surface area (Å²) in [5.41, 5.74) is 11.9. The van der Waals surface area contributed by atoms with Crippen LogP contribution >= 0.6 is 0 Å². The Morgan fingerprint density at radius 2 is 1.13 bits per heavy atom. The molecule has 4 aliphatic carbocycles. The molecule has 0 aliphatic heterocycles. The number of hydrogen-bond donors (Lipinski definition) is 0. The van der Waals surface area contributed by atoms with Crippen LogP contribution in [0.1, 0.15) is 44.1 Å². The van der Waals surface area contributed by atoms with Crippen molar-refractivity contribution >= 4 is 65.6 Å². The first-order valence-electron chi connectivity index (χ1n) is 20.1. The lowest BCUT2D eigenvalue weighted by Gasteiger charge is -2.57. The van der Waals surface area contributed by atoms with Crippen LogP contribution in [-0.2, 0) is 5.41 Å². The van der Waals surface area contributed by atoms with E-state index in [0.29, 0.717) is 5.41 Å². The summed E-state index contributed by atoms with van der Waals surface area (Å²) in [7, 11) is 0. The Morgan fingerprint density at radius 3 is 1.87 bits per heavy atom. The third-order valence-corrected chi connectivity index (χ3v) is 13.9. The molecular weight excluding hydrogens is 671 g/mol. The minimum Gasteiger partial charge on any atom is -0.455 e. The minimum atomic E-state index is 0.371. The number of para-hydroxylation sites is 4. The highest BCUT2D eigenvalue weighted by Gasteiger charge is 2.51. The molecule has 6 aromatic carbocycles. The molecule has 0 atom stereocenters.